The number of hydrogen-bond acceptors (Lipinski definition) is 6. The van der Waals surface area contributed by atoms with Crippen molar-refractivity contribution in [3.8, 4) is 0 Å². The lowest BCUT2D eigenvalue weighted by molar-refractivity contribution is -0.138. The van der Waals surface area contributed by atoms with E-state index >= 15 is 0 Å². The molecule has 0 aliphatic carbocycles. The third-order valence-electron chi connectivity index (χ3n) is 4.66. The van der Waals surface area contributed by atoms with Crippen molar-refractivity contribution >= 4 is 31.2 Å². The van der Waals surface area contributed by atoms with E-state index in [2.05, 4.69) is 77.3 Å². The van der Waals surface area contributed by atoms with Gasteiger partial charge in [0.05, 0.1) is 6.61 Å². The first-order valence-electron chi connectivity index (χ1n) is 10.6. The molecule has 0 aromatic heterocycles. The minimum absolute atomic E-state index is 0.323. The Morgan fingerprint density at radius 2 is 1.24 bits per heavy atom. The number of hydrogen-bond donors (Lipinski definition) is 0. The summed E-state index contributed by atoms with van der Waals surface area (Å²) < 4.78 is 19.0. The average molecular weight is 463 g/mol. The van der Waals surface area contributed by atoms with Crippen molar-refractivity contribution in [1.29, 1.82) is 0 Å². The Bertz CT molecular complexity index is 500. The molecule has 6 nitrogen and oxygen atoms in total. The van der Waals surface area contributed by atoms with E-state index in [9.17, 15) is 4.79 Å². The molecule has 0 saturated heterocycles. The Morgan fingerprint density at radius 3 is 1.59 bits per heavy atom. The Morgan fingerprint density at radius 1 is 0.828 bits per heavy atom. The summed E-state index contributed by atoms with van der Waals surface area (Å²) in [6, 6.07) is 3.00. The Hall–Kier alpha value is -0.299. The van der Waals surface area contributed by atoms with Gasteiger partial charge in [-0.05, 0) is 105 Å². The van der Waals surface area contributed by atoms with Crippen molar-refractivity contribution in [1.82, 2.24) is 9.80 Å². The van der Waals surface area contributed by atoms with Crippen LogP contribution in [0.15, 0.2) is 12.2 Å². The molecular weight excluding hydrogens is 416 g/mol. The molecule has 9 heteroatoms. The van der Waals surface area contributed by atoms with Gasteiger partial charge in [0.2, 0.25) is 0 Å². The van der Waals surface area contributed by atoms with Crippen molar-refractivity contribution in [2.45, 2.75) is 64.2 Å². The van der Waals surface area contributed by atoms with Crippen LogP contribution in [0.25, 0.3) is 0 Å². The maximum Gasteiger partial charge on any atom is 0.333 e. The first kappa shape index (κ1) is 28.7. The highest BCUT2D eigenvalue weighted by atomic mass is 28.5. The number of ether oxygens (including phenoxy) is 1. The molecule has 0 aromatic carbocycles. The third-order valence-corrected chi connectivity index (χ3v) is 16.7. The predicted octanol–water partition coefficient (Wildman–Crippen LogP) is 4.13. The molecule has 0 bridgehead atoms. The Labute approximate surface area is 183 Å². The normalized spacial score (nSPS) is 13.2. The fraction of sp³-hybridized carbons (Fsp3) is 0.850. The molecule has 0 unspecified atom stereocenters. The highest BCUT2D eigenvalue weighted by Crippen LogP contribution is 2.28. The molecule has 0 saturated carbocycles. The molecule has 0 rings (SSSR count). The molecule has 29 heavy (non-hydrogen) atoms. The molecule has 0 atom stereocenters. The summed E-state index contributed by atoms with van der Waals surface area (Å²) in [4.78, 5) is 16.1. The number of rotatable bonds is 15. The third kappa shape index (κ3) is 14.4. The van der Waals surface area contributed by atoms with Gasteiger partial charge in [-0.2, -0.15) is 0 Å². The van der Waals surface area contributed by atoms with Gasteiger partial charge in [-0.1, -0.05) is 6.58 Å². The van der Waals surface area contributed by atoms with Gasteiger partial charge in [0.15, 0.2) is 16.6 Å². The van der Waals surface area contributed by atoms with Gasteiger partial charge in [-0.3, -0.25) is 0 Å². The lowest BCUT2D eigenvalue weighted by atomic mass is 10.4. The second-order valence-corrected chi connectivity index (χ2v) is 22.4. The summed E-state index contributed by atoms with van der Waals surface area (Å²) in [6.07, 6.45) is 0.762. The fourth-order valence-electron chi connectivity index (χ4n) is 3.06. The monoisotopic (exact) mass is 462 g/mol. The second-order valence-electron chi connectivity index (χ2n) is 9.98. The molecule has 0 amide bonds. The van der Waals surface area contributed by atoms with Crippen molar-refractivity contribution < 1.29 is 17.8 Å². The van der Waals surface area contributed by atoms with E-state index in [-0.39, 0.29) is 5.97 Å². The summed E-state index contributed by atoms with van der Waals surface area (Å²) in [7, 11) is 2.30. The second kappa shape index (κ2) is 12.5. The highest BCUT2D eigenvalue weighted by Gasteiger charge is 2.42. The zero-order chi connectivity index (χ0) is 22.9. The maximum atomic E-state index is 11.7. The number of carbonyl (C=O) groups is 1. The van der Waals surface area contributed by atoms with Crippen LogP contribution in [0.5, 0.6) is 0 Å². The predicted molar refractivity (Wildman–Crippen MR) is 131 cm³/mol. The van der Waals surface area contributed by atoms with Crippen LogP contribution in [0.3, 0.4) is 0 Å². The smallest absolute Gasteiger partial charge is 0.333 e. The maximum absolute atomic E-state index is 11.7. The number of esters is 1. The van der Waals surface area contributed by atoms with E-state index in [1.54, 1.807) is 6.92 Å². The molecule has 0 N–H and O–H groups in total. The van der Waals surface area contributed by atoms with E-state index in [1.807, 2.05) is 0 Å². The van der Waals surface area contributed by atoms with Gasteiger partial charge in [-0.25, -0.2) is 4.79 Å². The van der Waals surface area contributed by atoms with Crippen molar-refractivity contribution in [2.24, 2.45) is 0 Å². The van der Waals surface area contributed by atoms with Crippen LogP contribution in [0.2, 0.25) is 50.9 Å². The molecule has 0 aromatic rings. The minimum atomic E-state index is -2.39. The van der Waals surface area contributed by atoms with Crippen LogP contribution in [0, 0.1) is 0 Å². The topological polar surface area (TPSA) is 51.2 Å². The van der Waals surface area contributed by atoms with E-state index in [1.165, 1.54) is 0 Å². The average Bonchev–Trinajstić information content (AvgIpc) is 2.54. The molecule has 0 heterocycles. The zero-order valence-electron chi connectivity index (χ0n) is 20.7. The summed E-state index contributed by atoms with van der Waals surface area (Å²) in [6.45, 7) is 19.1. The van der Waals surface area contributed by atoms with E-state index in [4.69, 9.17) is 13.0 Å². The largest absolute Gasteiger partial charge is 0.462 e. The van der Waals surface area contributed by atoms with Crippen LogP contribution >= 0.6 is 0 Å². The molecule has 0 fully saturated rings. The molecule has 172 valence electrons. The first-order valence-corrected chi connectivity index (χ1v) is 19.4. The lowest BCUT2D eigenvalue weighted by Crippen LogP contribution is -2.55. The minimum Gasteiger partial charge on any atom is -0.462 e. The van der Waals surface area contributed by atoms with Gasteiger partial charge in [-0.15, -0.1) is 0 Å². The molecular formula is C20H46N2O4Si3. The molecule has 0 aliphatic rings. The van der Waals surface area contributed by atoms with Crippen LogP contribution in [0.1, 0.15) is 13.3 Å². The van der Waals surface area contributed by atoms with Crippen molar-refractivity contribution in [2.75, 3.05) is 47.9 Å². The van der Waals surface area contributed by atoms with Gasteiger partial charge in [0, 0.05) is 5.57 Å². The first-order chi connectivity index (χ1) is 13.1. The van der Waals surface area contributed by atoms with E-state index < -0.39 is 25.2 Å². The standard InChI is InChI=1S/C20H46N2O4Si3/c1-19(2)20(23)24-15-12-16-29(11,25-27(7,8)17-13-21(3)4)26-28(9,10)18-14-22(5)6/h1,12-18H2,2-11H3. The van der Waals surface area contributed by atoms with Crippen LogP contribution in [-0.4, -0.2) is 88.9 Å². The van der Waals surface area contributed by atoms with Gasteiger partial charge < -0.3 is 22.8 Å². The summed E-state index contributed by atoms with van der Waals surface area (Å²) >= 11 is 0. The summed E-state index contributed by atoms with van der Waals surface area (Å²) in [5.74, 6) is -0.323. The van der Waals surface area contributed by atoms with Crippen LogP contribution in [-0.2, 0) is 17.8 Å². The summed E-state index contributed by atoms with van der Waals surface area (Å²) in [5.41, 5.74) is 0.437. The Balaban J connectivity index is 5.13. The molecule has 0 spiro atoms. The molecule has 0 aliphatic heterocycles. The van der Waals surface area contributed by atoms with Crippen LogP contribution < -0.4 is 0 Å². The fourth-order valence-corrected chi connectivity index (χ4v) is 17.3. The van der Waals surface area contributed by atoms with Crippen LogP contribution in [0.4, 0.5) is 0 Å². The van der Waals surface area contributed by atoms with E-state index in [0.717, 1.165) is 37.6 Å². The summed E-state index contributed by atoms with van der Waals surface area (Å²) in [5, 5.41) is 0. The van der Waals surface area contributed by atoms with Gasteiger partial charge >= 0.3 is 14.5 Å². The van der Waals surface area contributed by atoms with Crippen molar-refractivity contribution in [3.63, 3.8) is 0 Å². The Kier molecular flexibility index (Phi) is 12.4. The zero-order valence-corrected chi connectivity index (χ0v) is 23.7. The van der Waals surface area contributed by atoms with E-state index in [0.29, 0.717) is 12.2 Å². The van der Waals surface area contributed by atoms with Gasteiger partial charge in [0.1, 0.15) is 0 Å². The van der Waals surface area contributed by atoms with Crippen molar-refractivity contribution in [3.05, 3.63) is 12.2 Å². The molecule has 0 radical (unpaired) electrons. The number of nitrogens with zero attached hydrogens (tertiary/aromatic N) is 2. The van der Waals surface area contributed by atoms with Gasteiger partial charge in [0.25, 0.3) is 0 Å². The lowest BCUT2D eigenvalue weighted by Gasteiger charge is -2.41. The highest BCUT2D eigenvalue weighted by molar-refractivity contribution is 6.88. The number of carbonyl (C=O) groups excluding carboxylic acids is 1. The SMILES string of the molecule is C=C(C)C(=O)OCCC[Si](C)(O[Si](C)(C)CCN(C)C)O[Si](C)(C)CCN(C)C. The quantitative estimate of drug-likeness (QED) is 0.158.